The summed E-state index contributed by atoms with van der Waals surface area (Å²) >= 11 is 7.03. The van der Waals surface area contributed by atoms with E-state index in [0.717, 1.165) is 27.7 Å². The van der Waals surface area contributed by atoms with Gasteiger partial charge in [-0.15, -0.1) is 0 Å². The van der Waals surface area contributed by atoms with Gasteiger partial charge in [0.1, 0.15) is 0 Å². The average molecular weight is 368 g/mol. The second-order valence-corrected chi connectivity index (χ2v) is 5.51. The molecule has 2 aromatic carbocycles. The number of rotatable bonds is 2. The van der Waals surface area contributed by atoms with Crippen LogP contribution in [-0.2, 0) is 0 Å². The topological polar surface area (TPSA) is 24.4 Å². The molecule has 1 atom stereocenters. The Morgan fingerprint density at radius 1 is 1.11 bits per heavy atom. The summed E-state index contributed by atoms with van der Waals surface area (Å²) in [6.07, 6.45) is 0. The van der Waals surface area contributed by atoms with Crippen LogP contribution in [0.4, 0.5) is 11.4 Å². The lowest BCUT2D eigenvalue weighted by molar-refractivity contribution is 1.05. The van der Waals surface area contributed by atoms with Crippen LogP contribution in [-0.4, -0.2) is 22.4 Å². The Morgan fingerprint density at radius 2 is 1.83 bits per heavy atom. The summed E-state index contributed by atoms with van der Waals surface area (Å²) in [7, 11) is 0. The predicted molar refractivity (Wildman–Crippen MR) is 86.0 cm³/mol. The number of hydrogen-bond donors (Lipinski definition) is 1. The van der Waals surface area contributed by atoms with E-state index in [0.29, 0.717) is 0 Å². The van der Waals surface area contributed by atoms with Crippen molar-refractivity contribution >= 4 is 59.7 Å². The number of benzene rings is 2. The number of aliphatic imine (C=N–C) groups is 1. The summed E-state index contributed by atoms with van der Waals surface area (Å²) in [6, 6.07) is 12.9. The molecule has 0 fully saturated rings. The van der Waals surface area contributed by atoms with Crippen molar-refractivity contribution in [1.82, 2.24) is 0 Å². The number of halogens is 2. The maximum absolute atomic E-state index is 4.74. The van der Waals surface area contributed by atoms with Crippen molar-refractivity contribution in [3.8, 4) is 0 Å². The molecule has 1 N–H and O–H groups in total. The minimum atomic E-state index is 0.262. The first kappa shape index (κ1) is 12.2. The summed E-state index contributed by atoms with van der Waals surface area (Å²) in [5.41, 5.74) is 3.28. The van der Waals surface area contributed by atoms with Gasteiger partial charge < -0.3 is 5.32 Å². The Labute approximate surface area is 123 Å². The molecule has 0 aromatic heterocycles. The van der Waals surface area contributed by atoms with E-state index in [1.54, 1.807) is 0 Å². The van der Waals surface area contributed by atoms with Gasteiger partial charge in [0, 0.05) is 10.7 Å². The molecule has 92 valence electrons. The van der Waals surface area contributed by atoms with Crippen molar-refractivity contribution in [2.24, 2.45) is 4.99 Å². The molecule has 1 aliphatic rings. The summed E-state index contributed by atoms with van der Waals surface area (Å²) < 4.78 is 0. The van der Waals surface area contributed by atoms with Crippen LogP contribution in [0.5, 0.6) is 0 Å². The summed E-state index contributed by atoms with van der Waals surface area (Å²) in [6.45, 7) is 0. The Kier molecular flexibility index (Phi) is 3.39. The van der Waals surface area contributed by atoms with Gasteiger partial charge in [0.05, 0.1) is 23.1 Å². The number of hydrogen-bond acceptors (Lipinski definition) is 2. The fourth-order valence-electron chi connectivity index (χ4n) is 2.19. The summed E-state index contributed by atoms with van der Waals surface area (Å²) in [4.78, 5) is 4.74. The highest BCUT2D eigenvalue weighted by Crippen LogP contribution is 2.34. The number of nitrogens with one attached hydrogen (secondary N) is 1. The zero-order valence-corrected chi connectivity index (χ0v) is 12.8. The minimum Gasteiger partial charge on any atom is -0.374 e. The molecule has 0 radical (unpaired) electrons. The van der Waals surface area contributed by atoms with Crippen LogP contribution in [0, 0.1) is 0 Å². The van der Waals surface area contributed by atoms with Gasteiger partial charge in [-0.2, -0.15) is 0 Å². The van der Waals surface area contributed by atoms with Crippen molar-refractivity contribution in [3.05, 3.63) is 36.4 Å². The van der Waals surface area contributed by atoms with E-state index in [1.807, 2.05) is 0 Å². The van der Waals surface area contributed by atoms with Crippen LogP contribution in [0.15, 0.2) is 41.4 Å². The van der Waals surface area contributed by atoms with Crippen molar-refractivity contribution in [2.45, 2.75) is 6.04 Å². The monoisotopic (exact) mass is 366 g/mol. The largest absolute Gasteiger partial charge is 0.374 e. The van der Waals surface area contributed by atoms with Gasteiger partial charge >= 0.3 is 0 Å². The molecule has 4 heteroatoms. The third-order valence-corrected chi connectivity index (χ3v) is 4.37. The van der Waals surface area contributed by atoms with Crippen LogP contribution in [0.2, 0.25) is 0 Å². The first-order valence-corrected chi connectivity index (χ1v) is 8.05. The molecule has 0 aliphatic carbocycles. The number of anilines is 1. The van der Waals surface area contributed by atoms with Crippen LogP contribution >= 0.6 is 31.9 Å². The van der Waals surface area contributed by atoms with Crippen LogP contribution < -0.4 is 5.32 Å². The molecular formula is C14H12Br2N2. The van der Waals surface area contributed by atoms with Crippen LogP contribution in [0.1, 0.15) is 0 Å². The minimum absolute atomic E-state index is 0.262. The lowest BCUT2D eigenvalue weighted by Gasteiger charge is -2.25. The van der Waals surface area contributed by atoms with Crippen LogP contribution in [0.25, 0.3) is 10.8 Å². The van der Waals surface area contributed by atoms with Gasteiger partial charge in [-0.1, -0.05) is 56.1 Å². The molecule has 2 nitrogen and oxygen atoms in total. The van der Waals surface area contributed by atoms with E-state index < -0.39 is 0 Å². The van der Waals surface area contributed by atoms with Gasteiger partial charge in [-0.3, -0.25) is 4.99 Å². The van der Waals surface area contributed by atoms with Crippen molar-refractivity contribution in [1.29, 1.82) is 0 Å². The first-order valence-electron chi connectivity index (χ1n) is 5.80. The Hall–Kier alpha value is -0.870. The average Bonchev–Trinajstić information content (AvgIpc) is 2.43. The van der Waals surface area contributed by atoms with Crippen LogP contribution in [0.3, 0.4) is 0 Å². The molecule has 1 heterocycles. The fourth-order valence-corrected chi connectivity index (χ4v) is 3.24. The van der Waals surface area contributed by atoms with E-state index in [1.165, 1.54) is 10.8 Å². The molecule has 0 bridgehead atoms. The summed E-state index contributed by atoms with van der Waals surface area (Å²) in [5, 5.41) is 7.67. The van der Waals surface area contributed by atoms with E-state index in [4.69, 9.17) is 4.99 Å². The van der Waals surface area contributed by atoms with Crippen molar-refractivity contribution in [3.63, 3.8) is 0 Å². The maximum Gasteiger partial charge on any atom is 0.0868 e. The lowest BCUT2D eigenvalue weighted by atomic mass is 10.1. The summed E-state index contributed by atoms with van der Waals surface area (Å²) in [5.74, 6) is 0. The van der Waals surface area contributed by atoms with E-state index in [-0.39, 0.29) is 6.04 Å². The molecule has 2 aromatic rings. The van der Waals surface area contributed by atoms with E-state index in [9.17, 15) is 0 Å². The Morgan fingerprint density at radius 3 is 2.50 bits per heavy atom. The molecule has 0 saturated heterocycles. The molecular weight excluding hydrogens is 356 g/mol. The van der Waals surface area contributed by atoms with Gasteiger partial charge in [0.15, 0.2) is 0 Å². The molecule has 0 amide bonds. The van der Waals surface area contributed by atoms with Crippen molar-refractivity contribution < 1.29 is 0 Å². The molecule has 0 saturated carbocycles. The molecule has 0 spiro atoms. The molecule has 18 heavy (non-hydrogen) atoms. The highest BCUT2D eigenvalue weighted by Gasteiger charge is 2.20. The Bertz CT molecular complexity index is 622. The first-order chi connectivity index (χ1) is 8.81. The van der Waals surface area contributed by atoms with E-state index >= 15 is 0 Å². The number of nitrogens with zero attached hydrogens (tertiary/aromatic N) is 1. The second kappa shape index (κ2) is 5.02. The zero-order valence-electron chi connectivity index (χ0n) is 9.66. The standard InChI is InChI=1S/C14H12Br2N2/c15-7-13-14(8-16)18-12-6-10-4-2-1-3-9(10)5-11(12)17-13/h1-6,13,17H,7-8H2. The van der Waals surface area contributed by atoms with Gasteiger partial charge in [0.2, 0.25) is 0 Å². The third-order valence-electron chi connectivity index (χ3n) is 3.15. The van der Waals surface area contributed by atoms with Gasteiger partial charge in [-0.05, 0) is 22.9 Å². The molecule has 3 rings (SSSR count). The highest BCUT2D eigenvalue weighted by molar-refractivity contribution is 9.09. The van der Waals surface area contributed by atoms with Crippen molar-refractivity contribution in [2.75, 3.05) is 16.0 Å². The highest BCUT2D eigenvalue weighted by atomic mass is 79.9. The normalized spacial score (nSPS) is 18.1. The molecule has 1 unspecified atom stereocenters. The fraction of sp³-hybridized carbons (Fsp3) is 0.214. The number of fused-ring (bicyclic) bond motifs is 2. The predicted octanol–water partition coefficient (Wildman–Crippen LogP) is 4.50. The quantitative estimate of drug-likeness (QED) is 0.776. The third kappa shape index (κ3) is 2.08. The smallest absolute Gasteiger partial charge is 0.0868 e. The van der Waals surface area contributed by atoms with E-state index in [2.05, 4.69) is 73.6 Å². The zero-order chi connectivity index (χ0) is 12.5. The maximum atomic E-state index is 4.74. The SMILES string of the molecule is BrCC1=Nc2cc3ccccc3cc2NC1CBr. The second-order valence-electron chi connectivity index (χ2n) is 4.30. The Balaban J connectivity index is 2.16. The number of alkyl halides is 2. The molecule has 1 aliphatic heterocycles. The lowest BCUT2D eigenvalue weighted by Crippen LogP contribution is -2.34. The van der Waals surface area contributed by atoms with Gasteiger partial charge in [-0.25, -0.2) is 0 Å². The van der Waals surface area contributed by atoms with Gasteiger partial charge in [0.25, 0.3) is 0 Å².